The molecule has 4 nitrogen and oxygen atoms in total. The summed E-state index contributed by atoms with van der Waals surface area (Å²) in [5, 5.41) is 0. The van der Waals surface area contributed by atoms with Crippen LogP contribution in [0.2, 0.25) is 0 Å². The Morgan fingerprint density at radius 1 is 1.16 bits per heavy atom. The van der Waals surface area contributed by atoms with Crippen LogP contribution in [0, 0.1) is 0 Å². The van der Waals surface area contributed by atoms with E-state index in [9.17, 15) is 26.4 Å². The van der Waals surface area contributed by atoms with Gasteiger partial charge in [0.25, 0.3) is 0 Å². The first-order valence-electron chi connectivity index (χ1n) is 8.04. The van der Waals surface area contributed by atoms with Crippen LogP contribution >= 0.6 is 0 Å². The summed E-state index contributed by atoms with van der Waals surface area (Å²) in [6.45, 7) is 0. The lowest BCUT2D eigenvalue weighted by Gasteiger charge is -2.27. The van der Waals surface area contributed by atoms with E-state index >= 15 is 0 Å². The van der Waals surface area contributed by atoms with E-state index in [1.165, 1.54) is 24.3 Å². The first kappa shape index (κ1) is 18.0. The van der Waals surface area contributed by atoms with Crippen LogP contribution in [0.1, 0.15) is 30.4 Å². The van der Waals surface area contributed by atoms with Crippen molar-refractivity contribution in [3.05, 3.63) is 41.5 Å². The van der Waals surface area contributed by atoms with Gasteiger partial charge in [0.1, 0.15) is 0 Å². The number of nitrogens with zero attached hydrogens (tertiary/aromatic N) is 1. The Morgan fingerprint density at radius 2 is 1.88 bits per heavy atom. The van der Waals surface area contributed by atoms with Crippen molar-refractivity contribution in [1.82, 2.24) is 4.90 Å². The Bertz CT molecular complexity index is 798. The van der Waals surface area contributed by atoms with Gasteiger partial charge in [0.2, 0.25) is 5.91 Å². The third-order valence-corrected chi connectivity index (χ3v) is 6.18. The molecular weight excluding hydrogens is 355 g/mol. The maximum absolute atomic E-state index is 12.7. The van der Waals surface area contributed by atoms with E-state index in [1.807, 2.05) is 0 Å². The molecule has 0 spiro atoms. The number of carbonyl (C=O) groups is 1. The average molecular weight is 373 g/mol. The van der Waals surface area contributed by atoms with Gasteiger partial charge in [0.05, 0.1) is 17.1 Å². The highest BCUT2D eigenvalue weighted by atomic mass is 32.2. The van der Waals surface area contributed by atoms with Crippen molar-refractivity contribution in [2.75, 3.05) is 11.5 Å². The highest BCUT2D eigenvalue weighted by Crippen LogP contribution is 2.33. The molecule has 136 valence electrons. The lowest BCUT2D eigenvalue weighted by Crippen LogP contribution is -2.41. The zero-order valence-electron chi connectivity index (χ0n) is 13.4. The SMILES string of the molecule is O=C(/C=C/c1cccc(C(F)(F)F)c1)N(C1CC1)C1CCS(=O)(=O)C1. The molecule has 1 saturated carbocycles. The summed E-state index contributed by atoms with van der Waals surface area (Å²) < 4.78 is 61.5. The number of sulfone groups is 1. The number of amides is 1. The molecule has 0 radical (unpaired) electrons. The van der Waals surface area contributed by atoms with Gasteiger partial charge in [-0.2, -0.15) is 13.2 Å². The smallest absolute Gasteiger partial charge is 0.332 e. The number of hydrogen-bond acceptors (Lipinski definition) is 3. The third-order valence-electron chi connectivity index (χ3n) is 4.43. The van der Waals surface area contributed by atoms with Gasteiger partial charge in [-0.25, -0.2) is 8.42 Å². The molecule has 1 atom stereocenters. The number of benzene rings is 1. The monoisotopic (exact) mass is 373 g/mol. The minimum Gasteiger partial charge on any atom is -0.332 e. The van der Waals surface area contributed by atoms with Crippen LogP contribution in [-0.2, 0) is 20.8 Å². The van der Waals surface area contributed by atoms with E-state index in [0.717, 1.165) is 25.0 Å². The van der Waals surface area contributed by atoms with Crippen LogP contribution in [0.15, 0.2) is 30.3 Å². The second-order valence-electron chi connectivity index (χ2n) is 6.49. The van der Waals surface area contributed by atoms with Gasteiger partial charge < -0.3 is 4.90 Å². The van der Waals surface area contributed by atoms with Crippen LogP contribution in [0.4, 0.5) is 13.2 Å². The fourth-order valence-electron chi connectivity index (χ4n) is 3.08. The molecule has 0 aromatic heterocycles. The van der Waals surface area contributed by atoms with Crippen LogP contribution in [0.5, 0.6) is 0 Å². The summed E-state index contributed by atoms with van der Waals surface area (Å²) in [7, 11) is -3.11. The summed E-state index contributed by atoms with van der Waals surface area (Å²) in [4.78, 5) is 14.1. The Balaban J connectivity index is 1.75. The summed E-state index contributed by atoms with van der Waals surface area (Å²) in [6.07, 6.45) is 0.225. The first-order valence-corrected chi connectivity index (χ1v) is 9.86. The quantitative estimate of drug-likeness (QED) is 0.763. The molecule has 2 aliphatic rings. The third kappa shape index (κ3) is 4.42. The summed E-state index contributed by atoms with van der Waals surface area (Å²) in [6, 6.07) is 4.42. The average Bonchev–Trinajstić information content (AvgIpc) is 3.28. The van der Waals surface area contributed by atoms with Crippen LogP contribution in [-0.4, -0.2) is 42.8 Å². The van der Waals surface area contributed by atoms with E-state index in [2.05, 4.69) is 0 Å². The van der Waals surface area contributed by atoms with Crippen LogP contribution in [0.3, 0.4) is 0 Å². The van der Waals surface area contributed by atoms with Crippen LogP contribution in [0.25, 0.3) is 6.08 Å². The first-order chi connectivity index (χ1) is 11.7. The lowest BCUT2D eigenvalue weighted by atomic mass is 10.1. The molecule has 1 unspecified atom stereocenters. The Hall–Kier alpha value is -1.83. The maximum atomic E-state index is 12.7. The van der Waals surface area contributed by atoms with Gasteiger partial charge in [-0.3, -0.25) is 4.79 Å². The molecule has 0 N–H and O–H groups in total. The van der Waals surface area contributed by atoms with Crippen molar-refractivity contribution in [3.63, 3.8) is 0 Å². The number of rotatable bonds is 4. The van der Waals surface area contributed by atoms with Gasteiger partial charge in [-0.05, 0) is 43.0 Å². The molecule has 8 heteroatoms. The molecule has 1 amide bonds. The maximum Gasteiger partial charge on any atom is 0.416 e. The normalized spacial score (nSPS) is 23.1. The molecule has 2 fully saturated rings. The molecular formula is C17H18F3NO3S. The number of carbonyl (C=O) groups excluding carboxylic acids is 1. The van der Waals surface area contributed by atoms with Gasteiger partial charge in [0.15, 0.2) is 9.84 Å². The molecule has 3 rings (SSSR count). The van der Waals surface area contributed by atoms with Crippen molar-refractivity contribution in [1.29, 1.82) is 0 Å². The molecule has 1 heterocycles. The van der Waals surface area contributed by atoms with Crippen molar-refractivity contribution in [3.8, 4) is 0 Å². The highest BCUT2D eigenvalue weighted by Gasteiger charge is 2.41. The molecule has 25 heavy (non-hydrogen) atoms. The topological polar surface area (TPSA) is 54.5 Å². The summed E-state index contributed by atoms with van der Waals surface area (Å²) in [5.41, 5.74) is -0.499. The van der Waals surface area contributed by atoms with Gasteiger partial charge in [-0.1, -0.05) is 12.1 Å². The highest BCUT2D eigenvalue weighted by molar-refractivity contribution is 7.91. The second-order valence-corrected chi connectivity index (χ2v) is 8.72. The predicted octanol–water partition coefficient (Wildman–Crippen LogP) is 2.90. The fraction of sp³-hybridized carbons (Fsp3) is 0.471. The van der Waals surface area contributed by atoms with E-state index in [1.54, 1.807) is 4.90 Å². The van der Waals surface area contributed by atoms with Crippen LogP contribution < -0.4 is 0 Å². The van der Waals surface area contributed by atoms with Crippen molar-refractivity contribution in [2.45, 2.75) is 37.5 Å². The van der Waals surface area contributed by atoms with E-state index in [0.29, 0.717) is 6.42 Å². The lowest BCUT2D eigenvalue weighted by molar-refractivity contribution is -0.137. The molecule has 1 aliphatic heterocycles. The number of halogens is 3. The van der Waals surface area contributed by atoms with Gasteiger partial charge >= 0.3 is 6.18 Å². The largest absolute Gasteiger partial charge is 0.416 e. The second kappa shape index (κ2) is 6.48. The van der Waals surface area contributed by atoms with E-state index < -0.39 is 21.6 Å². The zero-order chi connectivity index (χ0) is 18.2. The Kier molecular flexibility index (Phi) is 4.66. The number of alkyl halides is 3. The fourth-order valence-corrected chi connectivity index (χ4v) is 4.79. The standard InChI is InChI=1S/C17H18F3NO3S/c18-17(19,20)13-3-1-2-12(10-13)4-7-16(22)21(14-5-6-14)15-8-9-25(23,24)11-15/h1-4,7,10,14-15H,5-6,8-9,11H2/b7-4+. The minimum atomic E-state index is -4.44. The van der Waals surface area contributed by atoms with Crippen molar-refractivity contribution in [2.24, 2.45) is 0 Å². The van der Waals surface area contributed by atoms with E-state index in [-0.39, 0.29) is 35.1 Å². The zero-order valence-corrected chi connectivity index (χ0v) is 14.2. The predicted molar refractivity (Wildman–Crippen MR) is 87.4 cm³/mol. The molecule has 1 aliphatic carbocycles. The molecule has 1 aromatic rings. The van der Waals surface area contributed by atoms with E-state index in [4.69, 9.17) is 0 Å². The molecule has 1 aromatic carbocycles. The summed E-state index contributed by atoms with van der Waals surface area (Å²) >= 11 is 0. The Labute approximate surface area is 144 Å². The Morgan fingerprint density at radius 3 is 2.44 bits per heavy atom. The van der Waals surface area contributed by atoms with Gasteiger partial charge in [-0.15, -0.1) is 0 Å². The molecule has 1 saturated heterocycles. The molecule has 0 bridgehead atoms. The number of hydrogen-bond donors (Lipinski definition) is 0. The van der Waals surface area contributed by atoms with Crippen molar-refractivity contribution < 1.29 is 26.4 Å². The van der Waals surface area contributed by atoms with Gasteiger partial charge in [0, 0.05) is 18.2 Å². The summed E-state index contributed by atoms with van der Waals surface area (Å²) in [5.74, 6) is -0.306. The minimum absolute atomic E-state index is 0.0351. The van der Waals surface area contributed by atoms with Crippen molar-refractivity contribution >= 4 is 21.8 Å².